The van der Waals surface area contributed by atoms with E-state index >= 15 is 0 Å². The quantitative estimate of drug-likeness (QED) is 0.589. The molecule has 1 fully saturated rings. The van der Waals surface area contributed by atoms with Crippen molar-refractivity contribution in [2.75, 3.05) is 24.7 Å². The Hall–Kier alpha value is -2.37. The largest absolute Gasteiger partial charge is 0.361 e. The fourth-order valence-electron chi connectivity index (χ4n) is 5.32. The number of halogens is 1. The van der Waals surface area contributed by atoms with Crippen LogP contribution in [0.5, 0.6) is 0 Å². The van der Waals surface area contributed by atoms with Gasteiger partial charge in [0.2, 0.25) is 0 Å². The van der Waals surface area contributed by atoms with Gasteiger partial charge in [-0.2, -0.15) is 0 Å². The normalized spacial score (nSPS) is 20.6. The van der Waals surface area contributed by atoms with Crippen LogP contribution >= 0.6 is 0 Å². The van der Waals surface area contributed by atoms with Gasteiger partial charge in [-0.05, 0) is 99.5 Å². The number of H-pyrrole nitrogens is 1. The third-order valence-electron chi connectivity index (χ3n) is 7.05. The van der Waals surface area contributed by atoms with Crippen LogP contribution in [-0.4, -0.2) is 40.8 Å². The van der Waals surface area contributed by atoms with Crippen LogP contribution in [0.3, 0.4) is 0 Å². The summed E-state index contributed by atoms with van der Waals surface area (Å²) < 4.78 is 13.7. The lowest BCUT2D eigenvalue weighted by atomic mass is 9.89. The van der Waals surface area contributed by atoms with Crippen LogP contribution in [-0.2, 0) is 6.42 Å². The standard InChI is InChI=1S/C25H30FN3O/c26-20-8-10-24-22(16-20)23(17-27-24)18-11-14-28(15-12-18)13-3-5-21-9-7-19-4-1-2-6-25(19)29(21)30/h1-2,4,6,8,10,16-18,21,27,30H,3,5,7,9,11-15H2. The van der Waals surface area contributed by atoms with E-state index in [0.717, 1.165) is 74.7 Å². The van der Waals surface area contributed by atoms with Crippen molar-refractivity contribution in [3.63, 3.8) is 0 Å². The molecular formula is C25H30FN3O. The summed E-state index contributed by atoms with van der Waals surface area (Å²) in [6.45, 7) is 3.26. The Kier molecular flexibility index (Phi) is 5.48. The number of aromatic amines is 1. The Labute approximate surface area is 177 Å². The molecule has 5 heteroatoms. The Morgan fingerprint density at radius 2 is 1.90 bits per heavy atom. The molecule has 1 saturated heterocycles. The molecule has 2 aliphatic rings. The van der Waals surface area contributed by atoms with Gasteiger partial charge >= 0.3 is 0 Å². The molecular weight excluding hydrogens is 377 g/mol. The summed E-state index contributed by atoms with van der Waals surface area (Å²) in [5, 5.41) is 13.1. The van der Waals surface area contributed by atoms with Gasteiger partial charge in [0.05, 0.1) is 11.7 Å². The Morgan fingerprint density at radius 1 is 1.07 bits per heavy atom. The molecule has 2 aliphatic heterocycles. The smallest absolute Gasteiger partial charge is 0.123 e. The lowest BCUT2D eigenvalue weighted by Crippen LogP contribution is -2.38. The monoisotopic (exact) mass is 407 g/mol. The molecule has 0 aliphatic carbocycles. The van der Waals surface area contributed by atoms with Crippen LogP contribution in [0.4, 0.5) is 10.1 Å². The summed E-state index contributed by atoms with van der Waals surface area (Å²) in [6, 6.07) is 13.4. The van der Waals surface area contributed by atoms with E-state index in [9.17, 15) is 9.60 Å². The maximum absolute atomic E-state index is 13.7. The highest BCUT2D eigenvalue weighted by atomic mass is 19.1. The number of hydroxylamine groups is 1. The van der Waals surface area contributed by atoms with Gasteiger partial charge in [0.25, 0.3) is 0 Å². The molecule has 0 bridgehead atoms. The second-order valence-electron chi connectivity index (χ2n) is 8.86. The van der Waals surface area contributed by atoms with E-state index in [2.05, 4.69) is 22.1 Å². The summed E-state index contributed by atoms with van der Waals surface area (Å²) in [4.78, 5) is 5.84. The van der Waals surface area contributed by atoms with Crippen LogP contribution in [0.15, 0.2) is 48.7 Å². The van der Waals surface area contributed by atoms with Gasteiger partial charge in [-0.25, -0.2) is 4.39 Å². The lowest BCUT2D eigenvalue weighted by molar-refractivity contribution is 0.179. The first-order chi connectivity index (χ1) is 14.7. The minimum absolute atomic E-state index is 0.163. The number of piperidine rings is 1. The van der Waals surface area contributed by atoms with E-state index in [1.54, 1.807) is 6.07 Å². The van der Waals surface area contributed by atoms with Gasteiger partial charge in [0.15, 0.2) is 0 Å². The maximum Gasteiger partial charge on any atom is 0.123 e. The molecule has 2 aromatic carbocycles. The van der Waals surface area contributed by atoms with Gasteiger partial charge in [0.1, 0.15) is 5.82 Å². The predicted molar refractivity (Wildman–Crippen MR) is 119 cm³/mol. The Balaban J connectivity index is 1.12. The highest BCUT2D eigenvalue weighted by Gasteiger charge is 2.26. The lowest BCUT2D eigenvalue weighted by Gasteiger charge is -2.35. The number of nitrogens with zero attached hydrogens (tertiary/aromatic N) is 2. The third-order valence-corrected chi connectivity index (χ3v) is 7.05. The summed E-state index contributed by atoms with van der Waals surface area (Å²) in [7, 11) is 0. The molecule has 1 unspecified atom stereocenters. The molecule has 1 atom stereocenters. The number of likely N-dealkylation sites (tertiary alicyclic amines) is 1. The van der Waals surface area contributed by atoms with Gasteiger partial charge < -0.3 is 9.88 Å². The third kappa shape index (κ3) is 3.84. The number of rotatable bonds is 5. The maximum atomic E-state index is 13.7. The molecule has 0 amide bonds. The highest BCUT2D eigenvalue weighted by Crippen LogP contribution is 2.34. The number of nitrogens with one attached hydrogen (secondary N) is 1. The van der Waals surface area contributed by atoms with Crippen molar-refractivity contribution in [1.82, 2.24) is 9.88 Å². The minimum Gasteiger partial charge on any atom is -0.361 e. The van der Waals surface area contributed by atoms with Gasteiger partial charge in [-0.15, -0.1) is 0 Å². The molecule has 3 heterocycles. The Morgan fingerprint density at radius 3 is 2.77 bits per heavy atom. The first-order valence-corrected chi connectivity index (χ1v) is 11.2. The number of aryl methyl sites for hydroxylation is 1. The van der Waals surface area contributed by atoms with Gasteiger partial charge in [0, 0.05) is 17.1 Å². The van der Waals surface area contributed by atoms with Crippen molar-refractivity contribution in [3.8, 4) is 0 Å². The molecule has 2 N–H and O–H groups in total. The molecule has 5 rings (SSSR count). The van der Waals surface area contributed by atoms with Crippen molar-refractivity contribution in [1.29, 1.82) is 0 Å². The van der Waals surface area contributed by atoms with Crippen LogP contribution in [0.2, 0.25) is 0 Å². The number of benzene rings is 2. The summed E-state index contributed by atoms with van der Waals surface area (Å²) in [6.07, 6.45) is 8.50. The first-order valence-electron chi connectivity index (χ1n) is 11.2. The van der Waals surface area contributed by atoms with E-state index in [1.165, 1.54) is 22.3 Å². The molecule has 4 nitrogen and oxygen atoms in total. The topological polar surface area (TPSA) is 42.5 Å². The minimum atomic E-state index is -0.163. The second-order valence-corrected chi connectivity index (χ2v) is 8.86. The number of hydrogen-bond acceptors (Lipinski definition) is 3. The second kappa shape index (κ2) is 8.40. The van der Waals surface area contributed by atoms with Crippen LogP contribution in [0, 0.1) is 5.82 Å². The number of fused-ring (bicyclic) bond motifs is 2. The van der Waals surface area contributed by atoms with Crippen molar-refractivity contribution in [3.05, 3.63) is 65.6 Å². The van der Waals surface area contributed by atoms with Crippen molar-refractivity contribution in [2.24, 2.45) is 0 Å². The van der Waals surface area contributed by atoms with Gasteiger partial charge in [-0.3, -0.25) is 10.3 Å². The summed E-state index contributed by atoms with van der Waals surface area (Å²) >= 11 is 0. The van der Waals surface area contributed by atoms with Crippen molar-refractivity contribution < 1.29 is 9.60 Å². The average molecular weight is 408 g/mol. The zero-order valence-electron chi connectivity index (χ0n) is 17.4. The van der Waals surface area contributed by atoms with E-state index in [-0.39, 0.29) is 11.9 Å². The van der Waals surface area contributed by atoms with Gasteiger partial charge in [-0.1, -0.05) is 18.2 Å². The molecule has 0 saturated carbocycles. The van der Waals surface area contributed by atoms with E-state index in [0.29, 0.717) is 5.92 Å². The van der Waals surface area contributed by atoms with Crippen LogP contribution in [0.1, 0.15) is 49.1 Å². The number of anilines is 1. The molecule has 30 heavy (non-hydrogen) atoms. The number of hydrogen-bond donors (Lipinski definition) is 2. The molecule has 3 aromatic rings. The SMILES string of the molecule is ON1c2ccccc2CCC1CCCN1CCC(c2c[nH]c3ccc(F)cc23)CC1. The number of para-hydroxylation sites is 1. The fourth-order valence-corrected chi connectivity index (χ4v) is 5.32. The molecule has 0 radical (unpaired) electrons. The molecule has 158 valence electrons. The van der Waals surface area contributed by atoms with Crippen molar-refractivity contribution in [2.45, 2.75) is 50.5 Å². The summed E-state index contributed by atoms with van der Waals surface area (Å²) in [5.41, 5.74) is 4.51. The zero-order chi connectivity index (χ0) is 20.5. The van der Waals surface area contributed by atoms with E-state index in [1.807, 2.05) is 24.3 Å². The average Bonchev–Trinajstić information content (AvgIpc) is 3.19. The number of aromatic nitrogens is 1. The van der Waals surface area contributed by atoms with Crippen molar-refractivity contribution >= 4 is 16.6 Å². The summed E-state index contributed by atoms with van der Waals surface area (Å²) in [5.74, 6) is 0.337. The first kappa shape index (κ1) is 19.6. The predicted octanol–water partition coefficient (Wildman–Crippen LogP) is 5.48. The Bertz CT molecular complexity index is 1010. The molecule has 0 spiro atoms. The van der Waals surface area contributed by atoms with Crippen LogP contribution in [0.25, 0.3) is 10.9 Å². The zero-order valence-corrected chi connectivity index (χ0v) is 17.4. The van der Waals surface area contributed by atoms with Crippen LogP contribution < -0.4 is 5.06 Å². The molecule has 1 aromatic heterocycles. The van der Waals surface area contributed by atoms with E-state index in [4.69, 9.17) is 0 Å². The fraction of sp³-hybridized carbons (Fsp3) is 0.440. The van der Waals surface area contributed by atoms with E-state index < -0.39 is 0 Å². The highest BCUT2D eigenvalue weighted by molar-refractivity contribution is 5.83.